The summed E-state index contributed by atoms with van der Waals surface area (Å²) >= 11 is 1.61. The fraction of sp³-hybridized carbons (Fsp3) is 0.130. The van der Waals surface area contributed by atoms with Crippen LogP contribution < -0.4 is 9.47 Å². The molecule has 1 N–H and O–H groups in total. The molecule has 5 rings (SSSR count). The van der Waals surface area contributed by atoms with E-state index >= 15 is 0 Å². The molecule has 2 aromatic carbocycles. The Hall–Kier alpha value is -3.45. The van der Waals surface area contributed by atoms with Crippen molar-refractivity contribution in [3.05, 3.63) is 60.9 Å². The number of para-hydroxylation sites is 1. The summed E-state index contributed by atoms with van der Waals surface area (Å²) in [5, 5.41) is 6.03. The number of thioether (sulfide) groups is 1. The lowest BCUT2D eigenvalue weighted by Crippen LogP contribution is -1.98. The average molecular weight is 417 g/mol. The lowest BCUT2D eigenvalue weighted by atomic mass is 10.1. The van der Waals surface area contributed by atoms with Crippen LogP contribution in [0.3, 0.4) is 0 Å². The van der Waals surface area contributed by atoms with Crippen molar-refractivity contribution in [1.82, 2.24) is 19.6 Å². The maximum atomic E-state index is 5.58. The Morgan fingerprint density at radius 3 is 2.70 bits per heavy atom. The standard InChI is InChI=1S/C23H20N4O2S/c1-28-20-10-14(11-21(30-3)23(20)29-2)19-8-9-24-22-12-18(26-27(19)22)16-13-25-17-7-5-4-6-15(16)17/h4-13,25H,1-3H3. The highest BCUT2D eigenvalue weighted by Crippen LogP contribution is 2.41. The predicted octanol–water partition coefficient (Wildman–Crippen LogP) is 5.28. The second-order valence-electron chi connectivity index (χ2n) is 6.79. The first-order chi connectivity index (χ1) is 14.7. The van der Waals surface area contributed by atoms with Crippen molar-refractivity contribution < 1.29 is 9.47 Å². The Morgan fingerprint density at radius 2 is 1.90 bits per heavy atom. The topological polar surface area (TPSA) is 64.4 Å². The highest BCUT2D eigenvalue weighted by atomic mass is 32.2. The van der Waals surface area contributed by atoms with Crippen molar-refractivity contribution in [3.8, 4) is 34.0 Å². The van der Waals surface area contributed by atoms with E-state index in [1.165, 1.54) is 0 Å². The molecular weight excluding hydrogens is 396 g/mol. The smallest absolute Gasteiger partial charge is 0.174 e. The van der Waals surface area contributed by atoms with Gasteiger partial charge in [-0.15, -0.1) is 11.8 Å². The van der Waals surface area contributed by atoms with E-state index in [-0.39, 0.29) is 0 Å². The second kappa shape index (κ2) is 7.42. The zero-order valence-electron chi connectivity index (χ0n) is 16.8. The van der Waals surface area contributed by atoms with Crippen molar-refractivity contribution in [2.24, 2.45) is 0 Å². The van der Waals surface area contributed by atoms with Gasteiger partial charge >= 0.3 is 0 Å². The average Bonchev–Trinajstić information content (AvgIpc) is 3.41. The molecular formula is C23H20N4O2S. The van der Waals surface area contributed by atoms with Crippen LogP contribution in [0.4, 0.5) is 0 Å². The van der Waals surface area contributed by atoms with Gasteiger partial charge in [0.25, 0.3) is 0 Å². The molecule has 0 bridgehead atoms. The number of fused-ring (bicyclic) bond motifs is 2. The summed E-state index contributed by atoms with van der Waals surface area (Å²) in [5.74, 6) is 1.42. The van der Waals surface area contributed by atoms with E-state index in [0.29, 0.717) is 5.75 Å². The van der Waals surface area contributed by atoms with Crippen LogP contribution in [0.1, 0.15) is 0 Å². The van der Waals surface area contributed by atoms with Crippen LogP contribution in [0.5, 0.6) is 11.5 Å². The Bertz CT molecular complexity index is 1350. The van der Waals surface area contributed by atoms with Crippen molar-refractivity contribution in [3.63, 3.8) is 0 Å². The largest absolute Gasteiger partial charge is 0.493 e. The summed E-state index contributed by atoms with van der Waals surface area (Å²) in [6, 6.07) is 16.2. The van der Waals surface area contributed by atoms with Gasteiger partial charge < -0.3 is 14.5 Å². The van der Waals surface area contributed by atoms with Crippen LogP contribution in [-0.4, -0.2) is 40.1 Å². The molecule has 5 aromatic rings. The minimum absolute atomic E-state index is 0.688. The molecule has 0 radical (unpaired) electrons. The molecule has 0 saturated carbocycles. The zero-order chi connectivity index (χ0) is 20.7. The first kappa shape index (κ1) is 18.6. The molecule has 7 heteroatoms. The monoisotopic (exact) mass is 416 g/mol. The van der Waals surface area contributed by atoms with Gasteiger partial charge in [0.1, 0.15) is 0 Å². The van der Waals surface area contributed by atoms with Crippen LogP contribution in [0.25, 0.3) is 39.1 Å². The number of nitrogens with zero attached hydrogens (tertiary/aromatic N) is 3. The van der Waals surface area contributed by atoms with Gasteiger partial charge in [-0.2, -0.15) is 5.10 Å². The van der Waals surface area contributed by atoms with Crippen LogP contribution in [0, 0.1) is 0 Å². The van der Waals surface area contributed by atoms with Gasteiger partial charge in [0.2, 0.25) is 0 Å². The Labute approximate surface area is 177 Å². The second-order valence-corrected chi connectivity index (χ2v) is 7.64. The molecule has 30 heavy (non-hydrogen) atoms. The Morgan fingerprint density at radius 1 is 1.03 bits per heavy atom. The van der Waals surface area contributed by atoms with Crippen molar-refractivity contribution >= 4 is 28.3 Å². The van der Waals surface area contributed by atoms with Gasteiger partial charge in [-0.25, -0.2) is 9.50 Å². The molecule has 0 aliphatic carbocycles. The summed E-state index contributed by atoms with van der Waals surface area (Å²) in [6.07, 6.45) is 5.82. The summed E-state index contributed by atoms with van der Waals surface area (Å²) in [5.41, 5.74) is 5.72. The molecule has 0 amide bonds. The number of nitrogens with one attached hydrogen (secondary N) is 1. The lowest BCUT2D eigenvalue weighted by molar-refractivity contribution is 0.348. The normalized spacial score (nSPS) is 11.3. The van der Waals surface area contributed by atoms with Gasteiger partial charge in [-0.3, -0.25) is 0 Å². The van der Waals surface area contributed by atoms with Gasteiger partial charge in [0.05, 0.1) is 30.5 Å². The molecule has 6 nitrogen and oxygen atoms in total. The number of hydrogen-bond donors (Lipinski definition) is 1. The van der Waals surface area contributed by atoms with E-state index in [0.717, 1.165) is 49.7 Å². The molecule has 0 fully saturated rings. The van der Waals surface area contributed by atoms with E-state index in [4.69, 9.17) is 14.6 Å². The summed E-state index contributed by atoms with van der Waals surface area (Å²) in [7, 11) is 3.31. The molecule has 0 aliphatic rings. The van der Waals surface area contributed by atoms with Gasteiger partial charge in [-0.1, -0.05) is 18.2 Å². The molecule has 0 unspecified atom stereocenters. The third-order valence-corrected chi connectivity index (χ3v) is 5.93. The molecule has 0 saturated heterocycles. The van der Waals surface area contributed by atoms with E-state index in [1.54, 1.807) is 32.2 Å². The fourth-order valence-corrected chi connectivity index (χ4v) is 4.37. The van der Waals surface area contributed by atoms with E-state index in [1.807, 2.05) is 47.3 Å². The molecule has 3 aromatic heterocycles. The van der Waals surface area contributed by atoms with Crippen LogP contribution in [-0.2, 0) is 0 Å². The van der Waals surface area contributed by atoms with Crippen LogP contribution >= 0.6 is 11.8 Å². The third-order valence-electron chi connectivity index (χ3n) is 5.18. The van der Waals surface area contributed by atoms with E-state index in [2.05, 4.69) is 28.2 Å². The maximum absolute atomic E-state index is 5.58. The minimum atomic E-state index is 0.688. The van der Waals surface area contributed by atoms with Crippen LogP contribution in [0.2, 0.25) is 0 Å². The van der Waals surface area contributed by atoms with Crippen molar-refractivity contribution in [1.29, 1.82) is 0 Å². The maximum Gasteiger partial charge on any atom is 0.174 e. The number of rotatable bonds is 5. The van der Waals surface area contributed by atoms with E-state index in [9.17, 15) is 0 Å². The predicted molar refractivity (Wildman–Crippen MR) is 121 cm³/mol. The van der Waals surface area contributed by atoms with E-state index < -0.39 is 0 Å². The molecule has 0 aliphatic heterocycles. The highest BCUT2D eigenvalue weighted by Gasteiger charge is 2.17. The van der Waals surface area contributed by atoms with Gasteiger partial charge in [-0.05, 0) is 30.5 Å². The molecule has 150 valence electrons. The highest BCUT2D eigenvalue weighted by molar-refractivity contribution is 7.98. The summed E-state index contributed by atoms with van der Waals surface area (Å²) in [4.78, 5) is 8.84. The molecule has 0 spiro atoms. The number of ether oxygens (including phenoxy) is 2. The first-order valence-corrected chi connectivity index (χ1v) is 10.7. The van der Waals surface area contributed by atoms with Crippen molar-refractivity contribution in [2.45, 2.75) is 4.90 Å². The summed E-state index contributed by atoms with van der Waals surface area (Å²) in [6.45, 7) is 0. The quantitative estimate of drug-likeness (QED) is 0.395. The SMILES string of the molecule is COc1cc(-c2ccnc3cc(-c4c[nH]c5ccccc45)nn23)cc(SC)c1OC. The zero-order valence-corrected chi connectivity index (χ0v) is 17.7. The number of aromatic nitrogens is 4. The number of benzene rings is 2. The number of methoxy groups -OCH3 is 2. The molecule has 3 heterocycles. The first-order valence-electron chi connectivity index (χ1n) is 9.45. The Balaban J connectivity index is 1.70. The fourth-order valence-electron chi connectivity index (χ4n) is 3.76. The number of aromatic amines is 1. The molecule has 0 atom stereocenters. The van der Waals surface area contributed by atoms with Crippen LogP contribution in [0.15, 0.2) is 65.8 Å². The van der Waals surface area contributed by atoms with Gasteiger partial charge in [0.15, 0.2) is 17.1 Å². The lowest BCUT2D eigenvalue weighted by Gasteiger charge is -2.14. The Kier molecular flexibility index (Phi) is 4.59. The van der Waals surface area contributed by atoms with Gasteiger partial charge in [0, 0.05) is 40.5 Å². The van der Waals surface area contributed by atoms with Crippen molar-refractivity contribution in [2.75, 3.05) is 20.5 Å². The minimum Gasteiger partial charge on any atom is -0.493 e. The third kappa shape index (κ3) is 2.90. The number of H-pyrrole nitrogens is 1. The number of hydrogen-bond acceptors (Lipinski definition) is 5. The summed E-state index contributed by atoms with van der Waals surface area (Å²) < 4.78 is 13.0.